The van der Waals surface area contributed by atoms with Gasteiger partial charge in [0.25, 0.3) is 5.91 Å². The smallest absolute Gasteiger partial charge is 0.337 e. The highest BCUT2D eigenvalue weighted by atomic mass is 16.5. The van der Waals surface area contributed by atoms with Gasteiger partial charge in [0.1, 0.15) is 5.56 Å². The van der Waals surface area contributed by atoms with Gasteiger partial charge in [-0.1, -0.05) is 6.07 Å². The summed E-state index contributed by atoms with van der Waals surface area (Å²) in [5.41, 5.74) is 2.14. The number of anilines is 1. The molecular formula is C21H25N3O4. The summed E-state index contributed by atoms with van der Waals surface area (Å²) in [5, 5.41) is 3.42. The van der Waals surface area contributed by atoms with Crippen LogP contribution >= 0.6 is 0 Å². The predicted molar refractivity (Wildman–Crippen MR) is 107 cm³/mol. The highest BCUT2D eigenvalue weighted by Crippen LogP contribution is 2.19. The van der Waals surface area contributed by atoms with Crippen molar-refractivity contribution >= 4 is 17.6 Å². The largest absolute Gasteiger partial charge is 0.465 e. The molecule has 1 amide bonds. The Morgan fingerprint density at radius 1 is 1.18 bits per heavy atom. The second-order valence-corrected chi connectivity index (χ2v) is 7.09. The highest BCUT2D eigenvalue weighted by Gasteiger charge is 2.25. The van der Waals surface area contributed by atoms with Crippen LogP contribution in [0.5, 0.6) is 0 Å². The molecule has 0 atom stereocenters. The third kappa shape index (κ3) is 4.24. The van der Waals surface area contributed by atoms with Crippen molar-refractivity contribution in [2.24, 2.45) is 7.05 Å². The molecule has 2 aromatic rings. The van der Waals surface area contributed by atoms with Gasteiger partial charge >= 0.3 is 5.97 Å². The van der Waals surface area contributed by atoms with Crippen molar-refractivity contribution in [2.75, 3.05) is 25.5 Å². The summed E-state index contributed by atoms with van der Waals surface area (Å²) in [6, 6.07) is 8.87. The van der Waals surface area contributed by atoms with Gasteiger partial charge in [-0.3, -0.25) is 9.59 Å². The highest BCUT2D eigenvalue weighted by molar-refractivity contribution is 5.94. The Labute approximate surface area is 163 Å². The molecule has 7 nitrogen and oxygen atoms in total. The molecule has 28 heavy (non-hydrogen) atoms. The van der Waals surface area contributed by atoms with E-state index in [1.807, 2.05) is 20.0 Å². The number of amides is 1. The Hall–Kier alpha value is -3.09. The summed E-state index contributed by atoms with van der Waals surface area (Å²) in [5.74, 6) is -0.588. The molecule has 1 aromatic carbocycles. The standard InChI is InChI=1S/C21H25N3O4/c1-14-11-19(25)18(13-23(14)2)20(26)24-9-7-16(8-10-24)22-17-6-4-5-15(12-17)21(27)28-3/h4-6,11-13,16,22H,7-10H2,1-3H3. The van der Waals surface area contributed by atoms with Gasteiger partial charge in [0, 0.05) is 49.8 Å². The molecule has 0 spiro atoms. The van der Waals surface area contributed by atoms with Crippen LogP contribution in [0.4, 0.5) is 5.69 Å². The van der Waals surface area contributed by atoms with Crippen LogP contribution in [0.3, 0.4) is 0 Å². The molecule has 7 heteroatoms. The van der Waals surface area contributed by atoms with E-state index in [0.717, 1.165) is 24.2 Å². The molecule has 148 valence electrons. The van der Waals surface area contributed by atoms with Gasteiger partial charge < -0.3 is 19.5 Å². The lowest BCUT2D eigenvalue weighted by Gasteiger charge is -2.33. The van der Waals surface area contributed by atoms with E-state index in [1.54, 1.807) is 33.9 Å². The Morgan fingerprint density at radius 3 is 2.57 bits per heavy atom. The van der Waals surface area contributed by atoms with Crippen molar-refractivity contribution in [1.29, 1.82) is 0 Å². The zero-order valence-corrected chi connectivity index (χ0v) is 16.4. The molecule has 1 fully saturated rings. The third-order valence-electron chi connectivity index (χ3n) is 5.15. The topological polar surface area (TPSA) is 80.6 Å². The number of hydrogen-bond acceptors (Lipinski definition) is 5. The molecule has 1 aliphatic rings. The second-order valence-electron chi connectivity index (χ2n) is 7.09. The average Bonchev–Trinajstić information content (AvgIpc) is 2.70. The predicted octanol–water partition coefficient (Wildman–Crippen LogP) is 2.20. The molecule has 3 rings (SSSR count). The molecular weight excluding hydrogens is 358 g/mol. The fraction of sp³-hybridized carbons (Fsp3) is 0.381. The Kier molecular flexibility index (Phi) is 5.82. The molecule has 1 aromatic heterocycles. The van der Waals surface area contributed by atoms with Crippen LogP contribution in [0.15, 0.2) is 41.3 Å². The number of benzene rings is 1. The van der Waals surface area contributed by atoms with Crippen LogP contribution in [0.25, 0.3) is 0 Å². The lowest BCUT2D eigenvalue weighted by atomic mass is 10.0. The fourth-order valence-electron chi connectivity index (χ4n) is 3.38. The quantitative estimate of drug-likeness (QED) is 0.819. The minimum absolute atomic E-state index is 0.192. The first-order chi connectivity index (χ1) is 13.4. The van der Waals surface area contributed by atoms with Crippen molar-refractivity contribution in [3.05, 3.63) is 63.6 Å². The molecule has 0 bridgehead atoms. The van der Waals surface area contributed by atoms with E-state index in [0.29, 0.717) is 18.7 Å². The lowest BCUT2D eigenvalue weighted by molar-refractivity contribution is 0.0600. The van der Waals surface area contributed by atoms with Crippen molar-refractivity contribution in [1.82, 2.24) is 9.47 Å². The number of esters is 1. The first kappa shape index (κ1) is 19.7. The average molecular weight is 383 g/mol. The van der Waals surface area contributed by atoms with Gasteiger partial charge in [0.2, 0.25) is 0 Å². The van der Waals surface area contributed by atoms with Gasteiger partial charge in [-0.2, -0.15) is 0 Å². The van der Waals surface area contributed by atoms with E-state index in [9.17, 15) is 14.4 Å². The third-order valence-corrected chi connectivity index (χ3v) is 5.15. The molecule has 0 unspecified atom stereocenters. The van der Waals surface area contributed by atoms with E-state index >= 15 is 0 Å². The van der Waals surface area contributed by atoms with Gasteiger partial charge in [0.15, 0.2) is 5.43 Å². The van der Waals surface area contributed by atoms with Crippen LogP contribution in [0.2, 0.25) is 0 Å². The number of nitrogens with zero attached hydrogens (tertiary/aromatic N) is 2. The van der Waals surface area contributed by atoms with Crippen molar-refractivity contribution in [3.8, 4) is 0 Å². The molecule has 2 heterocycles. The molecule has 1 saturated heterocycles. The van der Waals surface area contributed by atoms with Crippen LogP contribution < -0.4 is 10.7 Å². The summed E-state index contributed by atoms with van der Waals surface area (Å²) in [6.45, 7) is 2.98. The van der Waals surface area contributed by atoms with Crippen molar-refractivity contribution in [3.63, 3.8) is 0 Å². The van der Waals surface area contributed by atoms with E-state index in [4.69, 9.17) is 4.74 Å². The van der Waals surface area contributed by atoms with Crippen LogP contribution in [-0.4, -0.2) is 47.6 Å². The van der Waals surface area contributed by atoms with E-state index in [-0.39, 0.29) is 28.9 Å². The number of hydrogen-bond donors (Lipinski definition) is 1. The van der Waals surface area contributed by atoms with Crippen LogP contribution in [0, 0.1) is 6.92 Å². The fourth-order valence-corrected chi connectivity index (χ4v) is 3.38. The number of carbonyl (C=O) groups is 2. The normalized spacial score (nSPS) is 14.6. The first-order valence-corrected chi connectivity index (χ1v) is 9.30. The number of likely N-dealkylation sites (tertiary alicyclic amines) is 1. The van der Waals surface area contributed by atoms with Crippen molar-refractivity contribution < 1.29 is 14.3 Å². The monoisotopic (exact) mass is 383 g/mol. The molecule has 0 aliphatic carbocycles. The number of aromatic nitrogens is 1. The minimum atomic E-state index is -0.372. The van der Waals surface area contributed by atoms with Gasteiger partial charge in [0.05, 0.1) is 12.7 Å². The summed E-state index contributed by atoms with van der Waals surface area (Å²) < 4.78 is 6.54. The number of pyridine rings is 1. The number of piperidine rings is 1. The number of aryl methyl sites for hydroxylation is 2. The van der Waals surface area contributed by atoms with E-state index in [2.05, 4.69) is 5.32 Å². The summed E-state index contributed by atoms with van der Waals surface area (Å²) in [4.78, 5) is 38.3. The van der Waals surface area contributed by atoms with E-state index in [1.165, 1.54) is 13.2 Å². The molecule has 0 radical (unpaired) electrons. The maximum Gasteiger partial charge on any atom is 0.337 e. The van der Waals surface area contributed by atoms with Gasteiger partial charge in [-0.05, 0) is 38.0 Å². The SMILES string of the molecule is COC(=O)c1cccc(NC2CCN(C(=O)c3cn(C)c(C)cc3=O)CC2)c1. The van der Waals surface area contributed by atoms with E-state index < -0.39 is 0 Å². The second kappa shape index (κ2) is 8.29. The maximum atomic E-state index is 12.7. The minimum Gasteiger partial charge on any atom is -0.465 e. The van der Waals surface area contributed by atoms with Crippen molar-refractivity contribution in [2.45, 2.75) is 25.8 Å². The zero-order valence-electron chi connectivity index (χ0n) is 16.4. The summed E-state index contributed by atoms with van der Waals surface area (Å²) in [7, 11) is 3.18. The van der Waals surface area contributed by atoms with Crippen LogP contribution in [-0.2, 0) is 11.8 Å². The summed E-state index contributed by atoms with van der Waals surface area (Å²) >= 11 is 0. The number of methoxy groups -OCH3 is 1. The summed E-state index contributed by atoms with van der Waals surface area (Å²) in [6.07, 6.45) is 3.14. The Balaban J connectivity index is 1.62. The Morgan fingerprint density at radius 2 is 1.89 bits per heavy atom. The van der Waals surface area contributed by atoms with Crippen LogP contribution in [0.1, 0.15) is 39.3 Å². The number of nitrogens with one attached hydrogen (secondary N) is 1. The zero-order chi connectivity index (χ0) is 20.3. The lowest BCUT2D eigenvalue weighted by Crippen LogP contribution is -2.43. The van der Waals surface area contributed by atoms with Gasteiger partial charge in [-0.15, -0.1) is 0 Å². The molecule has 1 aliphatic heterocycles. The number of carbonyl (C=O) groups excluding carboxylic acids is 2. The number of rotatable bonds is 4. The van der Waals surface area contributed by atoms with Gasteiger partial charge in [-0.25, -0.2) is 4.79 Å². The molecule has 0 saturated carbocycles. The maximum absolute atomic E-state index is 12.7. The molecule has 1 N–H and O–H groups in total. The first-order valence-electron chi connectivity index (χ1n) is 9.30. The number of ether oxygens (including phenoxy) is 1. The Bertz CT molecular complexity index is 943.